The summed E-state index contributed by atoms with van der Waals surface area (Å²) in [6.45, 7) is 0.675. The maximum absolute atomic E-state index is 12.8. The molecule has 25 heavy (non-hydrogen) atoms. The average molecular weight is 349 g/mol. The van der Waals surface area contributed by atoms with E-state index in [1.165, 1.54) is 7.11 Å². The first-order valence-corrected chi connectivity index (χ1v) is 9.67. The van der Waals surface area contributed by atoms with Gasteiger partial charge < -0.3 is 19.1 Å². The number of hydrogen-bond donors (Lipinski definition) is 0. The molecule has 3 saturated carbocycles. The Morgan fingerprint density at radius 3 is 2.88 bits per heavy atom. The molecule has 0 aromatic rings. The Morgan fingerprint density at radius 2 is 2.12 bits per heavy atom. The van der Waals surface area contributed by atoms with Crippen LogP contribution in [0.15, 0.2) is 0 Å². The van der Waals surface area contributed by atoms with Crippen LogP contribution in [0.25, 0.3) is 0 Å². The van der Waals surface area contributed by atoms with Gasteiger partial charge in [-0.25, -0.2) is 4.79 Å². The molecule has 5 aliphatic rings. The quantitative estimate of drug-likeness (QED) is 0.724. The minimum absolute atomic E-state index is 0.0453. The van der Waals surface area contributed by atoms with Gasteiger partial charge in [-0.2, -0.15) is 0 Å². The summed E-state index contributed by atoms with van der Waals surface area (Å²) >= 11 is 0. The van der Waals surface area contributed by atoms with E-state index in [-0.39, 0.29) is 41.6 Å². The van der Waals surface area contributed by atoms with Gasteiger partial charge in [-0.3, -0.25) is 4.79 Å². The van der Waals surface area contributed by atoms with Crippen molar-refractivity contribution in [2.24, 2.45) is 23.2 Å². The summed E-state index contributed by atoms with van der Waals surface area (Å²) in [5, 5.41) is 0. The number of likely N-dealkylation sites (tertiary alicyclic amines) is 1. The minimum Gasteiger partial charge on any atom is -0.453 e. The Labute approximate surface area is 148 Å². The Hall–Kier alpha value is -1.14. The third-order valence-corrected chi connectivity index (χ3v) is 8.04. The van der Waals surface area contributed by atoms with E-state index in [9.17, 15) is 9.59 Å². The highest BCUT2D eigenvalue weighted by atomic mass is 16.6. The van der Waals surface area contributed by atoms with Crippen molar-refractivity contribution in [1.82, 2.24) is 4.90 Å². The molecule has 0 aromatic carbocycles. The molecule has 2 saturated heterocycles. The third-order valence-electron chi connectivity index (χ3n) is 8.04. The maximum Gasteiger partial charge on any atom is 0.409 e. The highest BCUT2D eigenvalue weighted by Crippen LogP contribution is 2.67. The largest absolute Gasteiger partial charge is 0.453 e. The molecular formula is C19H27NO5. The van der Waals surface area contributed by atoms with E-state index in [1.807, 2.05) is 4.90 Å². The van der Waals surface area contributed by atoms with E-state index in [4.69, 9.17) is 14.2 Å². The number of nitrogens with zero attached hydrogens (tertiary/aromatic N) is 1. The summed E-state index contributed by atoms with van der Waals surface area (Å²) in [4.78, 5) is 27.1. The van der Waals surface area contributed by atoms with E-state index in [0.717, 1.165) is 32.1 Å². The van der Waals surface area contributed by atoms with Gasteiger partial charge in [-0.05, 0) is 49.9 Å². The fourth-order valence-corrected chi connectivity index (χ4v) is 7.30. The number of amides is 1. The van der Waals surface area contributed by atoms with Crippen molar-refractivity contribution in [3.8, 4) is 0 Å². The van der Waals surface area contributed by atoms with Gasteiger partial charge in [0.25, 0.3) is 0 Å². The molecular weight excluding hydrogens is 322 g/mol. The van der Waals surface area contributed by atoms with E-state index in [1.54, 1.807) is 7.11 Å². The molecule has 0 N–H and O–H groups in total. The summed E-state index contributed by atoms with van der Waals surface area (Å²) < 4.78 is 17.3. The second-order valence-electron chi connectivity index (χ2n) is 8.56. The number of rotatable bonds is 1. The van der Waals surface area contributed by atoms with Gasteiger partial charge in [0, 0.05) is 31.5 Å². The molecule has 6 heteroatoms. The van der Waals surface area contributed by atoms with Crippen LogP contribution in [0.5, 0.6) is 0 Å². The van der Waals surface area contributed by atoms with Crippen molar-refractivity contribution in [2.45, 2.75) is 62.9 Å². The SMILES string of the molecule is COC(=O)N1CC[C@]23C4C5CCC(OC)C4O[C@H]2C(=O)CCC3[C@H]1C5. The Balaban J connectivity index is 1.59. The van der Waals surface area contributed by atoms with Crippen LogP contribution in [0.4, 0.5) is 4.79 Å². The molecule has 0 aromatic heterocycles. The van der Waals surface area contributed by atoms with Crippen LogP contribution in [0.3, 0.4) is 0 Å². The van der Waals surface area contributed by atoms with Gasteiger partial charge in [0.15, 0.2) is 5.78 Å². The Morgan fingerprint density at radius 1 is 1.28 bits per heavy atom. The summed E-state index contributed by atoms with van der Waals surface area (Å²) in [5.41, 5.74) is -0.0880. The lowest BCUT2D eigenvalue weighted by Gasteiger charge is -2.62. The fraction of sp³-hybridized carbons (Fsp3) is 0.895. The van der Waals surface area contributed by atoms with Crippen LogP contribution in [0.2, 0.25) is 0 Å². The van der Waals surface area contributed by atoms with Crippen LogP contribution in [0.1, 0.15) is 38.5 Å². The molecule has 1 spiro atoms. The van der Waals surface area contributed by atoms with E-state index < -0.39 is 0 Å². The van der Waals surface area contributed by atoms with Crippen LogP contribution in [-0.4, -0.2) is 61.9 Å². The fourth-order valence-electron chi connectivity index (χ4n) is 7.30. The number of methoxy groups -OCH3 is 2. The molecule has 2 aliphatic heterocycles. The first-order valence-electron chi connectivity index (χ1n) is 9.67. The molecule has 5 fully saturated rings. The highest BCUT2D eigenvalue weighted by Gasteiger charge is 2.72. The van der Waals surface area contributed by atoms with Gasteiger partial charge in [0.2, 0.25) is 0 Å². The van der Waals surface area contributed by atoms with Crippen LogP contribution in [0, 0.1) is 23.2 Å². The summed E-state index contributed by atoms with van der Waals surface area (Å²) in [6.07, 6.45) is 5.05. The molecule has 138 valence electrons. The number of carbonyl (C=O) groups is 2. The molecule has 8 atom stereocenters. The molecule has 3 aliphatic carbocycles. The lowest BCUT2D eigenvalue weighted by atomic mass is 9.45. The predicted octanol–water partition coefficient (Wildman–Crippen LogP) is 2.00. The van der Waals surface area contributed by atoms with Crippen molar-refractivity contribution < 1.29 is 23.8 Å². The molecule has 6 nitrogen and oxygen atoms in total. The topological polar surface area (TPSA) is 65.1 Å². The van der Waals surface area contributed by atoms with Gasteiger partial charge in [-0.1, -0.05) is 0 Å². The summed E-state index contributed by atoms with van der Waals surface area (Å²) in [6, 6.07) is 0.194. The van der Waals surface area contributed by atoms with Gasteiger partial charge >= 0.3 is 6.09 Å². The van der Waals surface area contributed by atoms with Gasteiger partial charge in [0.05, 0.1) is 19.3 Å². The van der Waals surface area contributed by atoms with E-state index >= 15 is 0 Å². The second-order valence-corrected chi connectivity index (χ2v) is 8.56. The second kappa shape index (κ2) is 5.43. The van der Waals surface area contributed by atoms with Crippen LogP contribution in [-0.2, 0) is 19.0 Å². The van der Waals surface area contributed by atoms with Crippen molar-refractivity contribution in [1.29, 1.82) is 0 Å². The normalized spacial score (nSPS) is 50.4. The summed E-state index contributed by atoms with van der Waals surface area (Å²) in [5.74, 6) is 1.54. The number of carbonyl (C=O) groups excluding carboxylic acids is 2. The highest BCUT2D eigenvalue weighted by molar-refractivity contribution is 5.86. The standard InChI is InChI=1S/C19H27NO5/c1-23-14-6-3-10-9-12-11-4-5-13(21)17-19(11,15(10)16(14)25-17)7-8-20(12)18(22)24-2/h10-12,14-17H,3-9H2,1-2H3/t10?,11?,12-,14?,15?,16?,17+,19+/m1/s1. The number of hydrogen-bond acceptors (Lipinski definition) is 5. The molecule has 5 unspecified atom stereocenters. The third kappa shape index (κ3) is 1.87. The lowest BCUT2D eigenvalue weighted by molar-refractivity contribution is -0.161. The number of Topliss-reactive ketones (excluding diaryl/α,β-unsaturated/α-hetero) is 1. The zero-order valence-electron chi connectivity index (χ0n) is 15.0. The van der Waals surface area contributed by atoms with Crippen molar-refractivity contribution in [3.63, 3.8) is 0 Å². The predicted molar refractivity (Wildman–Crippen MR) is 88.0 cm³/mol. The smallest absolute Gasteiger partial charge is 0.409 e. The van der Waals surface area contributed by atoms with Crippen LogP contribution < -0.4 is 0 Å². The lowest BCUT2D eigenvalue weighted by Crippen LogP contribution is -2.68. The Bertz CT molecular complexity index is 609. The molecule has 1 amide bonds. The average Bonchev–Trinajstić information content (AvgIpc) is 2.97. The maximum atomic E-state index is 12.8. The monoisotopic (exact) mass is 349 g/mol. The number of ether oxygens (including phenoxy) is 3. The first kappa shape index (κ1) is 16.1. The van der Waals surface area contributed by atoms with E-state index in [2.05, 4.69) is 0 Å². The Kier molecular flexibility index (Phi) is 3.49. The van der Waals surface area contributed by atoms with Crippen molar-refractivity contribution in [3.05, 3.63) is 0 Å². The molecule has 5 rings (SSSR count). The van der Waals surface area contributed by atoms with Crippen molar-refractivity contribution in [2.75, 3.05) is 20.8 Å². The molecule has 2 heterocycles. The molecule has 2 bridgehead atoms. The number of piperidine rings is 1. The minimum atomic E-state index is -0.290. The summed E-state index contributed by atoms with van der Waals surface area (Å²) in [7, 11) is 3.23. The molecule has 0 radical (unpaired) electrons. The zero-order valence-corrected chi connectivity index (χ0v) is 15.0. The van der Waals surface area contributed by atoms with Crippen molar-refractivity contribution >= 4 is 11.9 Å². The van der Waals surface area contributed by atoms with E-state index in [0.29, 0.717) is 30.7 Å². The zero-order chi connectivity index (χ0) is 17.3. The number of ketones is 1. The van der Waals surface area contributed by atoms with Crippen LogP contribution >= 0.6 is 0 Å². The van der Waals surface area contributed by atoms with Gasteiger partial charge in [0.1, 0.15) is 6.10 Å². The first-order chi connectivity index (χ1) is 12.1. The van der Waals surface area contributed by atoms with Gasteiger partial charge in [-0.15, -0.1) is 0 Å².